The quantitative estimate of drug-likeness (QED) is 0.592. The van der Waals surface area contributed by atoms with E-state index < -0.39 is 9.76 Å². The molecular formula is C9H6Cl5NO3. The molecule has 100 valence electrons. The molecule has 0 fully saturated rings. The SMILES string of the molecule is COc1nc(C(Cl)(Cl)Cl)c(Cl)c(OC(C)=O)c1Cl. The summed E-state index contributed by atoms with van der Waals surface area (Å²) in [6.07, 6.45) is 0. The number of hydrogen-bond acceptors (Lipinski definition) is 4. The Morgan fingerprint density at radius 3 is 2.17 bits per heavy atom. The zero-order valence-corrected chi connectivity index (χ0v) is 12.8. The summed E-state index contributed by atoms with van der Waals surface area (Å²) in [5, 5.41) is -0.258. The lowest BCUT2D eigenvalue weighted by Crippen LogP contribution is -2.10. The Morgan fingerprint density at radius 2 is 1.78 bits per heavy atom. The smallest absolute Gasteiger partial charge is 0.308 e. The third-order valence-corrected chi connectivity index (χ3v) is 2.94. The fraction of sp³-hybridized carbons (Fsp3) is 0.333. The third kappa shape index (κ3) is 3.45. The molecule has 9 heteroatoms. The lowest BCUT2D eigenvalue weighted by Gasteiger charge is -2.17. The highest BCUT2D eigenvalue weighted by atomic mass is 35.6. The van der Waals surface area contributed by atoms with E-state index in [1.165, 1.54) is 14.0 Å². The molecule has 0 aliphatic rings. The van der Waals surface area contributed by atoms with E-state index >= 15 is 0 Å². The maximum atomic E-state index is 11.0. The van der Waals surface area contributed by atoms with Gasteiger partial charge < -0.3 is 9.47 Å². The van der Waals surface area contributed by atoms with E-state index in [1.54, 1.807) is 0 Å². The molecule has 0 saturated carbocycles. The van der Waals surface area contributed by atoms with Crippen molar-refractivity contribution in [3.63, 3.8) is 0 Å². The summed E-state index contributed by atoms with van der Waals surface area (Å²) in [7, 11) is 1.31. The standard InChI is InChI=1S/C9H6Cl5NO3/c1-3(16)18-6-4(10)7(9(12,13)14)15-8(17-2)5(6)11/h1-2H3. The Hall–Kier alpha value is -0.130. The number of halogens is 5. The van der Waals surface area contributed by atoms with Gasteiger partial charge in [0, 0.05) is 6.92 Å². The third-order valence-electron chi connectivity index (χ3n) is 1.72. The van der Waals surface area contributed by atoms with Gasteiger partial charge in [0.2, 0.25) is 9.67 Å². The number of carbonyl (C=O) groups is 1. The predicted molar refractivity (Wildman–Crippen MR) is 71.4 cm³/mol. The topological polar surface area (TPSA) is 48.4 Å². The fourth-order valence-electron chi connectivity index (χ4n) is 1.06. The van der Waals surface area contributed by atoms with Gasteiger partial charge in [-0.1, -0.05) is 58.0 Å². The maximum absolute atomic E-state index is 11.0. The van der Waals surface area contributed by atoms with Crippen LogP contribution in [0.15, 0.2) is 0 Å². The van der Waals surface area contributed by atoms with Gasteiger partial charge in [-0.2, -0.15) is 0 Å². The maximum Gasteiger partial charge on any atom is 0.308 e. The van der Waals surface area contributed by atoms with Gasteiger partial charge in [-0.25, -0.2) is 4.98 Å². The summed E-state index contributed by atoms with van der Waals surface area (Å²) in [6.45, 7) is 1.18. The molecule has 4 nitrogen and oxygen atoms in total. The van der Waals surface area contributed by atoms with E-state index in [9.17, 15) is 4.79 Å². The normalized spacial score (nSPS) is 11.3. The summed E-state index contributed by atoms with van der Waals surface area (Å²) in [6, 6.07) is 0. The van der Waals surface area contributed by atoms with E-state index in [0.29, 0.717) is 0 Å². The fourth-order valence-corrected chi connectivity index (χ4v) is 2.23. The van der Waals surface area contributed by atoms with Crippen molar-refractivity contribution >= 4 is 64.0 Å². The van der Waals surface area contributed by atoms with Crippen molar-refractivity contribution in [1.82, 2.24) is 4.98 Å². The van der Waals surface area contributed by atoms with Crippen LogP contribution in [0.25, 0.3) is 0 Å². The van der Waals surface area contributed by atoms with Gasteiger partial charge in [0.25, 0.3) is 0 Å². The molecule has 0 amide bonds. The summed E-state index contributed by atoms with van der Waals surface area (Å²) in [5.74, 6) is -0.875. The van der Waals surface area contributed by atoms with E-state index in [0.717, 1.165) is 0 Å². The first-order valence-electron chi connectivity index (χ1n) is 4.37. The summed E-state index contributed by atoms with van der Waals surface area (Å²) in [4.78, 5) is 14.8. The average molecular weight is 353 g/mol. The molecule has 0 unspecified atom stereocenters. The van der Waals surface area contributed by atoms with Gasteiger partial charge in [0.1, 0.15) is 15.7 Å². The minimum Gasteiger partial charge on any atom is -0.480 e. The molecule has 0 aliphatic heterocycles. The molecule has 0 spiro atoms. The Balaban J connectivity index is 3.53. The van der Waals surface area contributed by atoms with Crippen molar-refractivity contribution in [2.75, 3.05) is 7.11 Å². The van der Waals surface area contributed by atoms with Crippen LogP contribution in [0.4, 0.5) is 0 Å². The van der Waals surface area contributed by atoms with E-state index in [4.69, 9.17) is 67.5 Å². The van der Waals surface area contributed by atoms with Crippen LogP contribution in [0, 0.1) is 0 Å². The second-order valence-electron chi connectivity index (χ2n) is 3.02. The number of carbonyl (C=O) groups excluding carboxylic acids is 1. The predicted octanol–water partition coefficient (Wildman–Crippen LogP) is 4.15. The molecule has 0 N–H and O–H groups in total. The van der Waals surface area contributed by atoms with Crippen LogP contribution in [0.3, 0.4) is 0 Å². The highest BCUT2D eigenvalue weighted by Crippen LogP contribution is 2.48. The molecule has 0 atom stereocenters. The average Bonchev–Trinajstić information content (AvgIpc) is 2.22. The molecular weight excluding hydrogens is 347 g/mol. The molecule has 1 rings (SSSR count). The van der Waals surface area contributed by atoms with Crippen molar-refractivity contribution in [2.24, 2.45) is 0 Å². The van der Waals surface area contributed by atoms with Crippen LogP contribution in [0.1, 0.15) is 12.6 Å². The minimum absolute atomic E-state index is 0.0707. The van der Waals surface area contributed by atoms with E-state index in [1.807, 2.05) is 0 Å². The number of pyridine rings is 1. The highest BCUT2D eigenvalue weighted by Gasteiger charge is 2.33. The Labute approximate surface area is 128 Å². The highest BCUT2D eigenvalue weighted by molar-refractivity contribution is 6.67. The number of nitrogens with zero attached hydrogens (tertiary/aromatic N) is 1. The second kappa shape index (κ2) is 5.88. The van der Waals surface area contributed by atoms with Crippen molar-refractivity contribution < 1.29 is 14.3 Å². The molecule has 18 heavy (non-hydrogen) atoms. The largest absolute Gasteiger partial charge is 0.480 e. The van der Waals surface area contributed by atoms with Crippen molar-refractivity contribution in [2.45, 2.75) is 10.7 Å². The lowest BCUT2D eigenvalue weighted by atomic mass is 10.3. The number of rotatable bonds is 2. The van der Waals surface area contributed by atoms with E-state index in [2.05, 4.69) is 4.98 Å². The van der Waals surface area contributed by atoms with Gasteiger partial charge in [-0.3, -0.25) is 4.79 Å². The van der Waals surface area contributed by atoms with Crippen LogP contribution in [-0.4, -0.2) is 18.1 Å². The number of esters is 1. The number of hydrogen-bond donors (Lipinski definition) is 0. The van der Waals surface area contributed by atoms with Gasteiger partial charge >= 0.3 is 5.97 Å². The van der Waals surface area contributed by atoms with Gasteiger partial charge in [-0.05, 0) is 0 Å². The molecule has 1 heterocycles. The molecule has 1 aromatic heterocycles. The molecule has 0 radical (unpaired) electrons. The van der Waals surface area contributed by atoms with Crippen LogP contribution >= 0.6 is 58.0 Å². The monoisotopic (exact) mass is 351 g/mol. The Bertz CT molecular complexity index is 486. The number of ether oxygens (including phenoxy) is 2. The Morgan fingerprint density at radius 1 is 1.22 bits per heavy atom. The number of alkyl halides is 3. The van der Waals surface area contributed by atoms with Gasteiger partial charge in [0.15, 0.2) is 5.75 Å². The van der Waals surface area contributed by atoms with Crippen molar-refractivity contribution in [3.8, 4) is 11.6 Å². The van der Waals surface area contributed by atoms with E-state index in [-0.39, 0.29) is 27.4 Å². The zero-order valence-electron chi connectivity index (χ0n) is 9.06. The molecule has 0 saturated heterocycles. The van der Waals surface area contributed by atoms with Crippen LogP contribution < -0.4 is 9.47 Å². The first-order chi connectivity index (χ1) is 8.18. The molecule has 0 aliphatic carbocycles. The number of methoxy groups -OCH3 is 1. The second-order valence-corrected chi connectivity index (χ2v) is 6.06. The molecule has 0 aromatic carbocycles. The summed E-state index contributed by atoms with van der Waals surface area (Å²) >= 11 is 28.9. The summed E-state index contributed by atoms with van der Waals surface area (Å²) in [5.41, 5.74) is -0.147. The van der Waals surface area contributed by atoms with Crippen LogP contribution in [0.5, 0.6) is 11.6 Å². The Kier molecular flexibility index (Phi) is 5.21. The molecule has 0 bridgehead atoms. The number of aromatic nitrogens is 1. The molecule has 1 aromatic rings. The minimum atomic E-state index is -1.91. The van der Waals surface area contributed by atoms with Crippen molar-refractivity contribution in [1.29, 1.82) is 0 Å². The summed E-state index contributed by atoms with van der Waals surface area (Å²) < 4.78 is 7.83. The zero-order chi connectivity index (χ0) is 14.1. The van der Waals surface area contributed by atoms with Crippen molar-refractivity contribution in [3.05, 3.63) is 15.7 Å². The van der Waals surface area contributed by atoms with Gasteiger partial charge in [0.05, 0.1) is 7.11 Å². The van der Waals surface area contributed by atoms with Crippen LogP contribution in [-0.2, 0) is 8.59 Å². The van der Waals surface area contributed by atoms with Gasteiger partial charge in [-0.15, -0.1) is 0 Å². The van der Waals surface area contributed by atoms with Crippen LogP contribution in [0.2, 0.25) is 10.0 Å². The first kappa shape index (κ1) is 15.9. The first-order valence-corrected chi connectivity index (χ1v) is 6.26. The lowest BCUT2D eigenvalue weighted by molar-refractivity contribution is -0.131.